The van der Waals surface area contributed by atoms with Crippen molar-refractivity contribution in [2.24, 2.45) is 0 Å². The molecule has 0 saturated heterocycles. The van der Waals surface area contributed by atoms with E-state index in [4.69, 9.17) is 0 Å². The number of aromatic nitrogens is 4. The smallest absolute Gasteiger partial charge is 0.0541 e. The summed E-state index contributed by atoms with van der Waals surface area (Å²) in [6.45, 7) is 0. The van der Waals surface area contributed by atoms with Crippen molar-refractivity contribution in [3.63, 3.8) is 0 Å². The summed E-state index contributed by atoms with van der Waals surface area (Å²) in [5.41, 5.74) is 35.4. The molecule has 0 atom stereocenters. The van der Waals surface area contributed by atoms with Crippen LogP contribution in [-0.4, -0.2) is 19.5 Å². The third kappa shape index (κ3) is 12.1. The lowest BCUT2D eigenvalue weighted by Crippen LogP contribution is -2.09. The third-order valence-corrected chi connectivity index (χ3v) is 20.5. The van der Waals surface area contributed by atoms with Crippen LogP contribution in [0.25, 0.3) is 72.0 Å². The van der Waals surface area contributed by atoms with Crippen molar-refractivity contribution in [2.75, 3.05) is 14.7 Å². The zero-order chi connectivity index (χ0) is 69.1. The summed E-state index contributed by atoms with van der Waals surface area (Å²) in [7, 11) is 0. The second kappa shape index (κ2) is 27.9. The Hall–Kier alpha value is -13.5. The van der Waals surface area contributed by atoms with Crippen LogP contribution in [0.3, 0.4) is 0 Å². The SMILES string of the molecule is c1ccc(N(c2ccccc2)c2ccc3c(c2)-c2ccccc2C3)cc1.c1ccc(N(c2ccccc2)c2ccc3c(c2)-c2cccnc2C3)cc1.c1ccc(N(c2ccccc2)c2ccc3c(c2)-c2cnccc2C3)cc1.c1ccc2c(c1)c1ccccc1n2-c1ccc2c(c1)-c1cnccc1C2. The molecule has 7 nitrogen and oxygen atoms in total. The maximum atomic E-state index is 4.55. The van der Waals surface area contributed by atoms with Crippen LogP contribution in [0.5, 0.6) is 0 Å². The number of anilines is 9. The number of pyridine rings is 3. The highest BCUT2D eigenvalue weighted by Crippen LogP contribution is 2.47. The zero-order valence-electron chi connectivity index (χ0n) is 57.3. The first kappa shape index (κ1) is 62.7. The summed E-state index contributed by atoms with van der Waals surface area (Å²) in [4.78, 5) is 20.1. The van der Waals surface area contributed by atoms with E-state index in [9.17, 15) is 0 Å². The topological polar surface area (TPSA) is 53.3 Å². The Bertz CT molecular complexity index is 5350. The van der Waals surface area contributed by atoms with Gasteiger partial charge in [-0.3, -0.25) is 15.0 Å². The first-order valence-corrected chi connectivity index (χ1v) is 35.7. The summed E-state index contributed by atoms with van der Waals surface area (Å²) in [5.74, 6) is 0. The Balaban J connectivity index is 0.0000000988. The number of hydrogen-bond acceptors (Lipinski definition) is 6. The van der Waals surface area contributed by atoms with Crippen molar-refractivity contribution >= 4 is 73.0 Å². The van der Waals surface area contributed by atoms with Crippen LogP contribution in [0.4, 0.5) is 51.2 Å². The molecule has 0 bridgehead atoms. The van der Waals surface area contributed by atoms with Crippen LogP contribution in [0.2, 0.25) is 0 Å². The molecule has 0 aliphatic heterocycles. The van der Waals surface area contributed by atoms with Crippen molar-refractivity contribution in [3.8, 4) is 50.2 Å². The molecule has 13 aromatic carbocycles. The van der Waals surface area contributed by atoms with Gasteiger partial charge in [-0.05, 0) is 238 Å². The monoisotopic (exact) mass is 1330 g/mol. The van der Waals surface area contributed by atoms with E-state index < -0.39 is 0 Å². The molecule has 7 heteroatoms. The van der Waals surface area contributed by atoms with Gasteiger partial charge in [0.05, 0.1) is 16.7 Å². The molecule has 104 heavy (non-hydrogen) atoms. The largest absolute Gasteiger partial charge is 0.310 e. The molecule has 4 aromatic heterocycles. The van der Waals surface area contributed by atoms with Gasteiger partial charge in [-0.25, -0.2) is 0 Å². The number of rotatable bonds is 10. The molecular formula is C97H71N7. The van der Waals surface area contributed by atoms with Crippen LogP contribution in [-0.2, 0) is 25.7 Å². The lowest BCUT2D eigenvalue weighted by molar-refractivity contribution is 1.12. The highest BCUT2D eigenvalue weighted by Gasteiger charge is 2.26. The fourth-order valence-corrected chi connectivity index (χ4v) is 15.6. The highest BCUT2D eigenvalue weighted by atomic mass is 15.2. The van der Waals surface area contributed by atoms with Crippen LogP contribution in [0.15, 0.2) is 383 Å². The Morgan fingerprint density at radius 2 is 0.548 bits per heavy atom. The molecule has 0 amide bonds. The molecule has 4 aliphatic rings. The summed E-state index contributed by atoms with van der Waals surface area (Å²) in [6, 6.07) is 125. The van der Waals surface area contributed by atoms with Gasteiger partial charge in [-0.2, -0.15) is 0 Å². The molecule has 21 rings (SSSR count). The quantitative estimate of drug-likeness (QED) is 0.136. The van der Waals surface area contributed by atoms with E-state index in [1.54, 1.807) is 0 Å². The maximum absolute atomic E-state index is 4.55. The normalized spacial score (nSPS) is 11.9. The predicted octanol–water partition coefficient (Wildman–Crippen LogP) is 24.7. The second-order valence-electron chi connectivity index (χ2n) is 26.7. The third-order valence-electron chi connectivity index (χ3n) is 20.5. The van der Waals surface area contributed by atoms with Gasteiger partial charge in [-0.15, -0.1) is 0 Å². The van der Waals surface area contributed by atoms with E-state index in [1.807, 2.05) is 37.1 Å². The van der Waals surface area contributed by atoms with Crippen molar-refractivity contribution in [1.82, 2.24) is 19.5 Å². The number of hydrogen-bond donors (Lipinski definition) is 0. The number of benzene rings is 13. The van der Waals surface area contributed by atoms with E-state index in [2.05, 4.69) is 380 Å². The number of fused-ring (bicyclic) bond motifs is 15. The minimum Gasteiger partial charge on any atom is -0.310 e. The van der Waals surface area contributed by atoms with Crippen molar-refractivity contribution < 1.29 is 0 Å². The van der Waals surface area contributed by atoms with Crippen molar-refractivity contribution in [1.29, 1.82) is 0 Å². The van der Waals surface area contributed by atoms with Crippen molar-refractivity contribution in [3.05, 3.63) is 427 Å². The molecule has 0 spiro atoms. The fraction of sp³-hybridized carbons (Fsp3) is 0.0412. The second-order valence-corrected chi connectivity index (χ2v) is 26.7. The average molecular weight is 1330 g/mol. The van der Waals surface area contributed by atoms with Crippen LogP contribution in [0, 0.1) is 0 Å². The molecule has 17 aromatic rings. The first-order chi connectivity index (χ1) is 51.6. The minimum atomic E-state index is 0.919. The lowest BCUT2D eigenvalue weighted by atomic mass is 10.0. The van der Waals surface area contributed by atoms with Gasteiger partial charge in [0.1, 0.15) is 0 Å². The van der Waals surface area contributed by atoms with Gasteiger partial charge < -0.3 is 19.3 Å². The van der Waals surface area contributed by atoms with Crippen LogP contribution in [0.1, 0.15) is 44.6 Å². The average Bonchev–Trinajstić information content (AvgIpc) is 1.58. The highest BCUT2D eigenvalue weighted by molar-refractivity contribution is 6.09. The Kier molecular flexibility index (Phi) is 16.8. The standard InChI is InChI=1S/C25H19N.C24H16N2.2C24H18N2/c1-3-10-21(11-4-1)26(22-12-5-2-6-13-22)23-16-15-20-17-19-9-7-8-14-24(19)25(20)18-23;1-3-7-23-19(5-1)20-6-2-4-8-24(20)26(23)18-10-9-16-13-17-11-12-25-15-22(17)21(16)14-18;1-3-8-19(9-4-1)26(20-10-5-2-6-11-20)21-14-13-18-16-24-22(23(18)17-21)12-7-15-25-24;1-3-7-20(8-4-1)26(21-9-5-2-6-10-21)22-12-11-18-15-19-13-14-25-17-24(19)23(18)16-22/h1-16,18H,17H2;1-12,14-15H,13H2;1-15,17H,16H2;1-14,16-17H,15H2. The first-order valence-electron chi connectivity index (χ1n) is 35.7. The molecule has 0 N–H and O–H groups in total. The summed E-state index contributed by atoms with van der Waals surface area (Å²) in [6.07, 6.45) is 13.6. The minimum absolute atomic E-state index is 0.919. The lowest BCUT2D eigenvalue weighted by Gasteiger charge is -2.26. The van der Waals surface area contributed by atoms with Gasteiger partial charge in [0, 0.05) is 122 Å². The summed E-state index contributed by atoms with van der Waals surface area (Å²) in [5, 5.41) is 2.59. The van der Waals surface area contributed by atoms with E-state index in [1.165, 1.54) is 134 Å². The molecule has 494 valence electrons. The van der Waals surface area contributed by atoms with Gasteiger partial charge in [0.2, 0.25) is 0 Å². The molecule has 0 fully saturated rings. The fourth-order valence-electron chi connectivity index (χ4n) is 15.6. The van der Waals surface area contributed by atoms with Gasteiger partial charge >= 0.3 is 0 Å². The Morgan fingerprint density at radius 1 is 0.221 bits per heavy atom. The summed E-state index contributed by atoms with van der Waals surface area (Å²) < 4.78 is 2.37. The number of para-hydroxylation sites is 8. The van der Waals surface area contributed by atoms with E-state index >= 15 is 0 Å². The molecular weight excluding hydrogens is 1260 g/mol. The van der Waals surface area contributed by atoms with Crippen LogP contribution < -0.4 is 14.7 Å². The van der Waals surface area contributed by atoms with Crippen molar-refractivity contribution in [2.45, 2.75) is 25.7 Å². The maximum Gasteiger partial charge on any atom is 0.0541 e. The van der Waals surface area contributed by atoms with E-state index in [-0.39, 0.29) is 0 Å². The predicted molar refractivity (Wildman–Crippen MR) is 431 cm³/mol. The summed E-state index contributed by atoms with van der Waals surface area (Å²) >= 11 is 0. The van der Waals surface area contributed by atoms with Gasteiger partial charge in [0.25, 0.3) is 0 Å². The Morgan fingerprint density at radius 3 is 0.990 bits per heavy atom. The van der Waals surface area contributed by atoms with E-state index in [0.29, 0.717) is 0 Å². The molecule has 0 saturated carbocycles. The molecule has 4 heterocycles. The number of nitrogens with zero attached hydrogens (tertiary/aromatic N) is 7. The molecule has 0 radical (unpaired) electrons. The van der Waals surface area contributed by atoms with E-state index in [0.717, 1.165) is 59.8 Å². The zero-order valence-corrected chi connectivity index (χ0v) is 57.3. The van der Waals surface area contributed by atoms with Gasteiger partial charge in [-0.1, -0.05) is 200 Å². The van der Waals surface area contributed by atoms with Crippen LogP contribution >= 0.6 is 0 Å². The van der Waals surface area contributed by atoms with Gasteiger partial charge in [0.15, 0.2) is 0 Å². The Labute approximate surface area is 606 Å². The molecule has 0 unspecified atom stereocenters. The molecule has 4 aliphatic carbocycles.